The van der Waals surface area contributed by atoms with Crippen LogP contribution >= 0.6 is 11.3 Å². The van der Waals surface area contributed by atoms with Crippen molar-refractivity contribution >= 4 is 32.6 Å². The molecule has 4 nitrogen and oxygen atoms in total. The van der Waals surface area contributed by atoms with Crippen molar-refractivity contribution in [3.8, 4) is 0 Å². The van der Waals surface area contributed by atoms with Crippen molar-refractivity contribution in [2.24, 2.45) is 0 Å². The lowest BCUT2D eigenvalue weighted by atomic mass is 10.1. The molecule has 1 N–H and O–H groups in total. The van der Waals surface area contributed by atoms with Gasteiger partial charge >= 0.3 is 0 Å². The van der Waals surface area contributed by atoms with Crippen molar-refractivity contribution in [3.05, 3.63) is 58.9 Å². The Bertz CT molecular complexity index is 950. The molecule has 0 unspecified atom stereocenters. The lowest BCUT2D eigenvalue weighted by Gasteiger charge is -2.20. The molecule has 0 saturated carbocycles. The number of benzene rings is 2. The van der Waals surface area contributed by atoms with Crippen molar-refractivity contribution < 1.29 is 14.1 Å². The number of quaternary nitrogens is 1. The fraction of sp³-hybridized carbons (Fsp3) is 0.333. The fourth-order valence-electron chi connectivity index (χ4n) is 2.95. The summed E-state index contributed by atoms with van der Waals surface area (Å²) in [6.07, 6.45) is 0.864. The summed E-state index contributed by atoms with van der Waals surface area (Å²) in [5.74, 6) is -0.488. The van der Waals surface area contributed by atoms with Crippen LogP contribution in [0.2, 0.25) is 0 Å². The zero-order chi connectivity index (χ0) is 19.6. The SMILES string of the molecule is Cc1ccc2sc(N(CCC[NH+](C)C)C(=O)c3ccc(F)cc3)nc2c1C. The maximum Gasteiger partial charge on any atom is 0.260 e. The molecule has 0 spiro atoms. The zero-order valence-electron chi connectivity index (χ0n) is 16.2. The van der Waals surface area contributed by atoms with Gasteiger partial charge in [-0.15, -0.1) is 0 Å². The standard InChI is InChI=1S/C21H24FN3OS/c1-14-6-11-18-19(15(14)2)23-21(27-18)25(13-5-12-24(3)4)20(26)16-7-9-17(22)10-8-16/h6-11H,5,12-13H2,1-4H3/p+1. The molecule has 1 heterocycles. The number of nitrogens with zero attached hydrogens (tertiary/aromatic N) is 2. The molecule has 0 aliphatic heterocycles. The van der Waals surface area contributed by atoms with Crippen LogP contribution in [0.1, 0.15) is 27.9 Å². The Morgan fingerprint density at radius 1 is 1.15 bits per heavy atom. The molecule has 142 valence electrons. The molecular weight excluding hydrogens is 361 g/mol. The molecule has 0 bridgehead atoms. The highest BCUT2D eigenvalue weighted by atomic mass is 32.1. The number of halogens is 1. The average molecular weight is 387 g/mol. The van der Waals surface area contributed by atoms with E-state index in [1.54, 1.807) is 4.90 Å². The van der Waals surface area contributed by atoms with Gasteiger partial charge < -0.3 is 4.90 Å². The summed E-state index contributed by atoms with van der Waals surface area (Å²) in [5, 5.41) is 0.696. The summed E-state index contributed by atoms with van der Waals surface area (Å²) < 4.78 is 14.3. The van der Waals surface area contributed by atoms with Crippen LogP contribution in [0, 0.1) is 19.7 Å². The van der Waals surface area contributed by atoms with Gasteiger partial charge in [0, 0.05) is 18.5 Å². The number of aryl methyl sites for hydroxylation is 2. The monoisotopic (exact) mass is 386 g/mol. The van der Waals surface area contributed by atoms with Crippen molar-refractivity contribution in [1.82, 2.24) is 4.98 Å². The fourth-order valence-corrected chi connectivity index (χ4v) is 4.00. The first-order valence-corrected chi connectivity index (χ1v) is 9.91. The summed E-state index contributed by atoms with van der Waals surface area (Å²) in [7, 11) is 4.19. The normalized spacial score (nSPS) is 11.3. The number of amides is 1. The maximum absolute atomic E-state index is 13.2. The summed E-state index contributed by atoms with van der Waals surface area (Å²) in [6.45, 7) is 5.66. The number of fused-ring (bicyclic) bond motifs is 1. The summed E-state index contributed by atoms with van der Waals surface area (Å²) in [5.41, 5.74) is 3.75. The molecular formula is C21H25FN3OS+. The first-order chi connectivity index (χ1) is 12.9. The predicted molar refractivity (Wildman–Crippen MR) is 109 cm³/mol. The van der Waals surface area contributed by atoms with Crippen LogP contribution in [0.3, 0.4) is 0 Å². The molecule has 1 amide bonds. The number of rotatable bonds is 6. The maximum atomic E-state index is 13.2. The zero-order valence-corrected chi connectivity index (χ0v) is 17.0. The molecule has 27 heavy (non-hydrogen) atoms. The molecule has 3 aromatic rings. The third kappa shape index (κ3) is 4.34. The van der Waals surface area contributed by atoms with E-state index >= 15 is 0 Å². The number of hydrogen-bond donors (Lipinski definition) is 1. The number of aromatic nitrogens is 1. The van der Waals surface area contributed by atoms with Gasteiger partial charge in [-0.1, -0.05) is 17.4 Å². The minimum Gasteiger partial charge on any atom is -0.340 e. The largest absolute Gasteiger partial charge is 0.340 e. The molecule has 0 aliphatic rings. The molecule has 0 atom stereocenters. The Kier molecular flexibility index (Phi) is 5.87. The number of thiazole rings is 1. The minimum atomic E-state index is -0.347. The van der Waals surface area contributed by atoms with E-state index < -0.39 is 0 Å². The van der Waals surface area contributed by atoms with E-state index in [1.165, 1.54) is 46.1 Å². The lowest BCUT2D eigenvalue weighted by Crippen LogP contribution is -3.05. The Hall–Kier alpha value is -2.31. The summed E-state index contributed by atoms with van der Waals surface area (Å²) in [6, 6.07) is 9.85. The van der Waals surface area contributed by atoms with Gasteiger partial charge in [0.2, 0.25) is 0 Å². The van der Waals surface area contributed by atoms with Crippen LogP contribution in [-0.4, -0.2) is 38.1 Å². The third-order valence-corrected chi connectivity index (χ3v) is 5.74. The second-order valence-corrected chi connectivity index (χ2v) is 8.13. The second kappa shape index (κ2) is 8.15. The molecule has 1 aromatic heterocycles. The lowest BCUT2D eigenvalue weighted by molar-refractivity contribution is -0.858. The average Bonchev–Trinajstić information content (AvgIpc) is 3.06. The third-order valence-electron chi connectivity index (χ3n) is 4.70. The van der Waals surface area contributed by atoms with Gasteiger partial charge in [0.1, 0.15) is 5.82 Å². The number of anilines is 1. The van der Waals surface area contributed by atoms with Gasteiger partial charge in [0.25, 0.3) is 5.91 Å². The van der Waals surface area contributed by atoms with Crippen LogP contribution in [0.5, 0.6) is 0 Å². The smallest absolute Gasteiger partial charge is 0.260 e. The van der Waals surface area contributed by atoms with Crippen molar-refractivity contribution in [3.63, 3.8) is 0 Å². The van der Waals surface area contributed by atoms with Crippen molar-refractivity contribution in [2.75, 3.05) is 32.1 Å². The van der Waals surface area contributed by atoms with Gasteiger partial charge in [0.15, 0.2) is 5.13 Å². The molecule has 6 heteroatoms. The van der Waals surface area contributed by atoms with E-state index in [9.17, 15) is 9.18 Å². The predicted octanol–water partition coefficient (Wildman–Crippen LogP) is 3.23. The Balaban J connectivity index is 1.97. The quantitative estimate of drug-likeness (QED) is 0.706. The number of carbonyl (C=O) groups is 1. The van der Waals surface area contributed by atoms with Gasteiger partial charge in [-0.25, -0.2) is 9.37 Å². The van der Waals surface area contributed by atoms with Crippen LogP contribution in [-0.2, 0) is 0 Å². The topological polar surface area (TPSA) is 37.6 Å². The Morgan fingerprint density at radius 3 is 2.52 bits per heavy atom. The summed E-state index contributed by atoms with van der Waals surface area (Å²) >= 11 is 1.53. The second-order valence-electron chi connectivity index (χ2n) is 7.12. The highest BCUT2D eigenvalue weighted by Gasteiger charge is 2.22. The molecule has 2 aromatic carbocycles. The molecule has 0 aliphatic carbocycles. The van der Waals surface area contributed by atoms with Crippen LogP contribution < -0.4 is 9.80 Å². The highest BCUT2D eigenvalue weighted by molar-refractivity contribution is 7.22. The van der Waals surface area contributed by atoms with Crippen molar-refractivity contribution in [1.29, 1.82) is 0 Å². The number of carbonyl (C=O) groups excluding carboxylic acids is 1. The molecule has 0 fully saturated rings. The number of nitrogens with one attached hydrogen (secondary N) is 1. The van der Waals surface area contributed by atoms with Gasteiger partial charge in [-0.3, -0.25) is 9.69 Å². The van der Waals surface area contributed by atoms with Crippen molar-refractivity contribution in [2.45, 2.75) is 20.3 Å². The van der Waals surface area contributed by atoms with E-state index in [2.05, 4.69) is 40.1 Å². The van der Waals surface area contributed by atoms with E-state index in [4.69, 9.17) is 4.98 Å². The molecule has 3 rings (SSSR count). The molecule has 0 radical (unpaired) electrons. The Morgan fingerprint density at radius 2 is 1.85 bits per heavy atom. The molecule has 0 saturated heterocycles. The first kappa shape index (κ1) is 19.5. The van der Waals surface area contributed by atoms with Crippen LogP contribution in [0.15, 0.2) is 36.4 Å². The van der Waals surface area contributed by atoms with Crippen LogP contribution in [0.25, 0.3) is 10.2 Å². The highest BCUT2D eigenvalue weighted by Crippen LogP contribution is 2.32. The number of hydrogen-bond acceptors (Lipinski definition) is 3. The first-order valence-electron chi connectivity index (χ1n) is 9.10. The van der Waals surface area contributed by atoms with E-state index in [-0.39, 0.29) is 11.7 Å². The summed E-state index contributed by atoms with van der Waals surface area (Å²) in [4.78, 5) is 21.0. The van der Waals surface area contributed by atoms with E-state index in [0.29, 0.717) is 17.2 Å². The van der Waals surface area contributed by atoms with Crippen LogP contribution in [0.4, 0.5) is 9.52 Å². The van der Waals surface area contributed by atoms with Gasteiger partial charge in [-0.05, 0) is 55.3 Å². The van der Waals surface area contributed by atoms with Gasteiger partial charge in [0.05, 0.1) is 30.9 Å². The van der Waals surface area contributed by atoms with E-state index in [0.717, 1.165) is 28.7 Å². The van der Waals surface area contributed by atoms with E-state index in [1.807, 2.05) is 0 Å². The Labute approximate surface area is 163 Å². The minimum absolute atomic E-state index is 0.141. The van der Waals surface area contributed by atoms with Gasteiger partial charge in [-0.2, -0.15) is 0 Å².